The van der Waals surface area contributed by atoms with Crippen molar-refractivity contribution >= 4 is 23.6 Å². The molecule has 1 atom stereocenters. The van der Waals surface area contributed by atoms with Gasteiger partial charge in [-0.15, -0.1) is 11.8 Å². The summed E-state index contributed by atoms with van der Waals surface area (Å²) in [5, 5.41) is 2.98. The minimum absolute atomic E-state index is 0.0322. The molecule has 2 amide bonds. The zero-order valence-corrected chi connectivity index (χ0v) is 20.2. The van der Waals surface area contributed by atoms with E-state index in [0.717, 1.165) is 35.3 Å². The third kappa shape index (κ3) is 6.00. The first-order valence-electron chi connectivity index (χ1n) is 11.7. The van der Waals surface area contributed by atoms with Crippen LogP contribution in [-0.2, 0) is 17.8 Å². The number of hydrogen-bond acceptors (Lipinski definition) is 4. The molecule has 1 saturated heterocycles. The Hall–Kier alpha value is -3.25. The normalized spacial score (nSPS) is 15.4. The Kier molecular flexibility index (Phi) is 8.26. The van der Waals surface area contributed by atoms with Gasteiger partial charge in [0.25, 0.3) is 5.91 Å². The quantitative estimate of drug-likeness (QED) is 0.409. The average molecular weight is 475 g/mol. The number of aryl methyl sites for hydroxylation is 1. The molecule has 0 aromatic heterocycles. The van der Waals surface area contributed by atoms with Crippen molar-refractivity contribution in [2.75, 3.05) is 18.9 Å². The van der Waals surface area contributed by atoms with Crippen LogP contribution in [0.1, 0.15) is 45.8 Å². The van der Waals surface area contributed by atoms with E-state index < -0.39 is 0 Å². The second-order valence-electron chi connectivity index (χ2n) is 8.19. The van der Waals surface area contributed by atoms with Crippen LogP contribution in [0, 0.1) is 0 Å². The van der Waals surface area contributed by atoms with Gasteiger partial charge in [-0.1, -0.05) is 60.7 Å². The molecule has 1 aliphatic heterocycles. The highest BCUT2D eigenvalue weighted by Gasteiger charge is 2.32. The van der Waals surface area contributed by atoms with Gasteiger partial charge in [0.1, 0.15) is 11.1 Å². The molecule has 6 heteroatoms. The lowest BCUT2D eigenvalue weighted by Gasteiger charge is -2.24. The lowest BCUT2D eigenvalue weighted by molar-refractivity contribution is -0.128. The predicted molar refractivity (Wildman–Crippen MR) is 137 cm³/mol. The largest absolute Gasteiger partial charge is 0.494 e. The van der Waals surface area contributed by atoms with E-state index in [1.807, 2.05) is 84.6 Å². The smallest absolute Gasteiger partial charge is 0.251 e. The third-order valence-corrected chi connectivity index (χ3v) is 7.06. The maximum atomic E-state index is 12.6. The molecule has 3 aromatic carbocycles. The van der Waals surface area contributed by atoms with E-state index in [2.05, 4.69) is 11.4 Å². The van der Waals surface area contributed by atoms with E-state index in [0.29, 0.717) is 31.0 Å². The number of nitrogens with zero attached hydrogens (tertiary/aromatic N) is 1. The summed E-state index contributed by atoms with van der Waals surface area (Å²) in [6.45, 7) is 3.80. The van der Waals surface area contributed by atoms with Gasteiger partial charge in [0, 0.05) is 18.7 Å². The van der Waals surface area contributed by atoms with Gasteiger partial charge in [-0.2, -0.15) is 0 Å². The Labute approximate surface area is 205 Å². The van der Waals surface area contributed by atoms with E-state index in [1.54, 1.807) is 11.8 Å². The molecule has 0 aliphatic carbocycles. The van der Waals surface area contributed by atoms with Gasteiger partial charge >= 0.3 is 0 Å². The molecule has 1 aliphatic rings. The molecule has 0 bridgehead atoms. The van der Waals surface area contributed by atoms with Gasteiger partial charge in [-0.3, -0.25) is 9.59 Å². The fraction of sp³-hybridized carbons (Fsp3) is 0.286. The molecule has 1 N–H and O–H groups in total. The van der Waals surface area contributed by atoms with Crippen molar-refractivity contribution in [2.45, 2.75) is 31.7 Å². The van der Waals surface area contributed by atoms with Crippen molar-refractivity contribution in [3.05, 3.63) is 101 Å². The topological polar surface area (TPSA) is 58.6 Å². The van der Waals surface area contributed by atoms with Crippen molar-refractivity contribution in [3.8, 4) is 5.75 Å². The summed E-state index contributed by atoms with van der Waals surface area (Å²) in [6, 6.07) is 25.7. The molecule has 34 heavy (non-hydrogen) atoms. The number of carbonyl (C=O) groups is 2. The van der Waals surface area contributed by atoms with Gasteiger partial charge in [-0.25, -0.2) is 0 Å². The molecule has 0 saturated carbocycles. The van der Waals surface area contributed by atoms with Crippen LogP contribution >= 0.6 is 11.8 Å². The van der Waals surface area contributed by atoms with Gasteiger partial charge in [-0.05, 0) is 54.7 Å². The predicted octanol–water partition coefficient (Wildman–Crippen LogP) is 5.22. The monoisotopic (exact) mass is 474 g/mol. The zero-order valence-electron chi connectivity index (χ0n) is 19.4. The van der Waals surface area contributed by atoms with Crippen LogP contribution in [0.4, 0.5) is 0 Å². The first-order valence-corrected chi connectivity index (χ1v) is 12.7. The zero-order chi connectivity index (χ0) is 23.8. The molecule has 0 radical (unpaired) electrons. The second-order valence-corrected chi connectivity index (χ2v) is 9.26. The van der Waals surface area contributed by atoms with Crippen LogP contribution in [0.5, 0.6) is 5.75 Å². The van der Waals surface area contributed by atoms with Gasteiger partial charge in [0.15, 0.2) is 0 Å². The summed E-state index contributed by atoms with van der Waals surface area (Å²) in [4.78, 5) is 27.0. The maximum Gasteiger partial charge on any atom is 0.251 e. The van der Waals surface area contributed by atoms with Crippen molar-refractivity contribution in [1.82, 2.24) is 10.2 Å². The van der Waals surface area contributed by atoms with E-state index in [4.69, 9.17) is 4.74 Å². The van der Waals surface area contributed by atoms with E-state index in [-0.39, 0.29) is 17.2 Å². The fourth-order valence-corrected chi connectivity index (χ4v) is 5.26. The molecule has 3 aromatic rings. The van der Waals surface area contributed by atoms with E-state index in [1.165, 1.54) is 0 Å². The van der Waals surface area contributed by atoms with Crippen LogP contribution in [0.15, 0.2) is 78.9 Å². The fourth-order valence-electron chi connectivity index (χ4n) is 4.07. The Morgan fingerprint density at radius 2 is 1.76 bits per heavy atom. The summed E-state index contributed by atoms with van der Waals surface area (Å²) < 4.78 is 5.67. The lowest BCUT2D eigenvalue weighted by Crippen LogP contribution is -2.28. The van der Waals surface area contributed by atoms with Crippen LogP contribution in [0.3, 0.4) is 0 Å². The summed E-state index contributed by atoms with van der Waals surface area (Å²) in [5.41, 5.74) is 3.94. The number of carbonyl (C=O) groups excluding carboxylic acids is 2. The Morgan fingerprint density at radius 1 is 1.03 bits per heavy atom. The minimum atomic E-state index is -0.0825. The molecule has 4 rings (SSSR count). The number of para-hydroxylation sites is 1. The highest BCUT2D eigenvalue weighted by atomic mass is 32.2. The molecule has 1 fully saturated rings. The average Bonchev–Trinajstić information content (AvgIpc) is 3.23. The summed E-state index contributed by atoms with van der Waals surface area (Å²) in [5.74, 6) is 1.45. The van der Waals surface area contributed by atoms with Crippen molar-refractivity contribution in [2.24, 2.45) is 0 Å². The Bertz CT molecular complexity index is 1100. The van der Waals surface area contributed by atoms with Gasteiger partial charge in [0.2, 0.25) is 5.91 Å². The number of thioether (sulfide) groups is 1. The second kappa shape index (κ2) is 11.7. The summed E-state index contributed by atoms with van der Waals surface area (Å²) in [7, 11) is 0. The number of amides is 2. The number of hydrogen-bond donors (Lipinski definition) is 1. The lowest BCUT2D eigenvalue weighted by atomic mass is 10.1. The number of benzene rings is 3. The molecule has 0 unspecified atom stereocenters. The van der Waals surface area contributed by atoms with Gasteiger partial charge in [0.05, 0.1) is 12.4 Å². The highest BCUT2D eigenvalue weighted by molar-refractivity contribution is 8.00. The standard InChI is InChI=1S/C28H30N2O3S/c1-2-33-25-13-7-6-11-22(25)12-8-18-29-27(32)23-14-16-24(17-15-23)28-30(26(31)20-34-28)19-21-9-4-3-5-10-21/h3-7,9-11,13-17,28H,2,8,12,18-20H2,1H3,(H,29,32)/t28-/m1/s1. The number of rotatable bonds is 10. The maximum absolute atomic E-state index is 12.6. The number of ether oxygens (including phenoxy) is 1. The first-order chi connectivity index (χ1) is 16.7. The Balaban J connectivity index is 1.30. The van der Waals surface area contributed by atoms with Crippen LogP contribution < -0.4 is 10.1 Å². The van der Waals surface area contributed by atoms with Crippen LogP contribution in [0.2, 0.25) is 0 Å². The molecule has 0 spiro atoms. The van der Waals surface area contributed by atoms with Gasteiger partial charge < -0.3 is 15.0 Å². The summed E-state index contributed by atoms with van der Waals surface area (Å²) >= 11 is 1.63. The van der Waals surface area contributed by atoms with Crippen molar-refractivity contribution in [3.63, 3.8) is 0 Å². The van der Waals surface area contributed by atoms with Crippen LogP contribution in [0.25, 0.3) is 0 Å². The SMILES string of the molecule is CCOc1ccccc1CCCNC(=O)c1ccc([C@H]2SCC(=O)N2Cc2ccccc2)cc1. The van der Waals surface area contributed by atoms with E-state index >= 15 is 0 Å². The molecular weight excluding hydrogens is 444 g/mol. The number of nitrogens with one attached hydrogen (secondary N) is 1. The van der Waals surface area contributed by atoms with Crippen molar-refractivity contribution in [1.29, 1.82) is 0 Å². The van der Waals surface area contributed by atoms with E-state index in [9.17, 15) is 9.59 Å². The van der Waals surface area contributed by atoms with Crippen molar-refractivity contribution < 1.29 is 14.3 Å². The molecule has 5 nitrogen and oxygen atoms in total. The molecule has 176 valence electrons. The molecular formula is C28H30N2O3S. The third-order valence-electron chi connectivity index (χ3n) is 5.80. The summed E-state index contributed by atoms with van der Waals surface area (Å²) in [6.07, 6.45) is 1.68. The first kappa shape index (κ1) is 23.9. The molecule has 1 heterocycles. The Morgan fingerprint density at radius 3 is 2.53 bits per heavy atom. The minimum Gasteiger partial charge on any atom is -0.494 e. The highest BCUT2D eigenvalue weighted by Crippen LogP contribution is 2.39. The van der Waals surface area contributed by atoms with Crippen LogP contribution in [-0.4, -0.2) is 35.6 Å².